The largest absolute Gasteiger partial charge is 0.396 e. The van der Waals surface area contributed by atoms with E-state index in [-0.39, 0.29) is 0 Å². The van der Waals surface area contributed by atoms with Gasteiger partial charge >= 0.3 is 0 Å². The lowest BCUT2D eigenvalue weighted by atomic mass is 9.93. The monoisotopic (exact) mass is 200 g/mol. The fourth-order valence-corrected chi connectivity index (χ4v) is 2.01. The summed E-state index contributed by atoms with van der Waals surface area (Å²) in [5, 5.41) is 8.91. The molecule has 0 unspecified atom stereocenters. The molecular weight excluding hydrogens is 172 g/mol. The molecule has 0 bridgehead atoms. The molecule has 0 aromatic carbocycles. The highest BCUT2D eigenvalue weighted by Crippen LogP contribution is 2.19. The first kappa shape index (κ1) is 14.0. The van der Waals surface area contributed by atoms with E-state index in [0.29, 0.717) is 6.61 Å². The van der Waals surface area contributed by atoms with Gasteiger partial charge in [0.1, 0.15) is 0 Å². The van der Waals surface area contributed by atoms with Crippen LogP contribution in [0.1, 0.15) is 65.7 Å². The number of aliphatic hydroxyl groups excluding tert-OH is 1. The third-order valence-electron chi connectivity index (χ3n) is 2.88. The van der Waals surface area contributed by atoms with Crippen molar-refractivity contribution in [1.29, 1.82) is 0 Å². The zero-order valence-electron chi connectivity index (χ0n) is 10.3. The topological polar surface area (TPSA) is 20.2 Å². The highest BCUT2D eigenvalue weighted by Gasteiger charge is 2.06. The maximum absolute atomic E-state index is 8.91. The summed E-state index contributed by atoms with van der Waals surface area (Å²) < 4.78 is 0. The molecule has 0 aliphatic heterocycles. The van der Waals surface area contributed by atoms with Crippen molar-refractivity contribution in [2.75, 3.05) is 6.61 Å². The van der Waals surface area contributed by atoms with Gasteiger partial charge in [0.2, 0.25) is 0 Å². The summed E-state index contributed by atoms with van der Waals surface area (Å²) in [6.45, 7) is 7.18. The third-order valence-corrected chi connectivity index (χ3v) is 2.88. The Kier molecular flexibility index (Phi) is 9.49. The minimum atomic E-state index is 0.370. The Labute approximate surface area is 89.9 Å². The molecule has 0 saturated heterocycles. The van der Waals surface area contributed by atoms with Gasteiger partial charge in [-0.3, -0.25) is 0 Å². The summed E-state index contributed by atoms with van der Waals surface area (Å²) in [6, 6.07) is 0. The molecule has 1 atom stereocenters. The minimum Gasteiger partial charge on any atom is -0.396 e. The Balaban J connectivity index is 3.40. The zero-order valence-corrected chi connectivity index (χ0v) is 10.3. The van der Waals surface area contributed by atoms with Crippen molar-refractivity contribution in [1.82, 2.24) is 0 Å². The van der Waals surface area contributed by atoms with Gasteiger partial charge < -0.3 is 5.11 Å². The molecule has 0 radical (unpaired) electrons. The molecule has 14 heavy (non-hydrogen) atoms. The average molecular weight is 200 g/mol. The highest BCUT2D eigenvalue weighted by molar-refractivity contribution is 4.59. The molecule has 1 nitrogen and oxygen atoms in total. The summed E-state index contributed by atoms with van der Waals surface area (Å²) in [7, 11) is 0. The fraction of sp³-hybridized carbons (Fsp3) is 1.00. The molecule has 1 N–H and O–H groups in total. The SMILES string of the molecule is CCC[C@@H](CCO)CCCCC(C)C. The predicted molar refractivity (Wildman–Crippen MR) is 63.4 cm³/mol. The lowest BCUT2D eigenvalue weighted by Crippen LogP contribution is -2.03. The normalized spacial score (nSPS) is 13.5. The van der Waals surface area contributed by atoms with E-state index in [9.17, 15) is 0 Å². The third kappa shape index (κ3) is 8.55. The molecule has 1 heteroatoms. The van der Waals surface area contributed by atoms with Crippen molar-refractivity contribution in [3.05, 3.63) is 0 Å². The molecule has 0 fully saturated rings. The van der Waals surface area contributed by atoms with Gasteiger partial charge in [0.05, 0.1) is 0 Å². The van der Waals surface area contributed by atoms with Crippen molar-refractivity contribution < 1.29 is 5.11 Å². The number of hydrogen-bond acceptors (Lipinski definition) is 1. The Bertz CT molecular complexity index is 104. The Hall–Kier alpha value is -0.0400. The summed E-state index contributed by atoms with van der Waals surface area (Å²) in [6.07, 6.45) is 8.96. The van der Waals surface area contributed by atoms with E-state index in [1.165, 1.54) is 38.5 Å². The van der Waals surface area contributed by atoms with Crippen LogP contribution in [0, 0.1) is 11.8 Å². The Morgan fingerprint density at radius 1 is 0.929 bits per heavy atom. The maximum atomic E-state index is 8.91. The van der Waals surface area contributed by atoms with Gasteiger partial charge in [0, 0.05) is 6.61 Å². The van der Waals surface area contributed by atoms with E-state index in [1.807, 2.05) is 0 Å². The van der Waals surface area contributed by atoms with Gasteiger partial charge in [-0.05, 0) is 18.3 Å². The number of unbranched alkanes of at least 4 members (excludes halogenated alkanes) is 1. The lowest BCUT2D eigenvalue weighted by molar-refractivity contribution is 0.243. The first-order chi connectivity index (χ1) is 6.70. The van der Waals surface area contributed by atoms with Crippen LogP contribution in [0.3, 0.4) is 0 Å². The fourth-order valence-electron chi connectivity index (χ4n) is 2.01. The zero-order chi connectivity index (χ0) is 10.8. The molecular formula is C13H28O. The van der Waals surface area contributed by atoms with Gasteiger partial charge in [-0.25, -0.2) is 0 Å². The van der Waals surface area contributed by atoms with Crippen molar-refractivity contribution in [2.24, 2.45) is 11.8 Å². The Morgan fingerprint density at radius 3 is 2.07 bits per heavy atom. The van der Waals surface area contributed by atoms with Gasteiger partial charge in [-0.2, -0.15) is 0 Å². The summed E-state index contributed by atoms with van der Waals surface area (Å²) in [4.78, 5) is 0. The summed E-state index contributed by atoms with van der Waals surface area (Å²) in [5.41, 5.74) is 0. The molecule has 0 aliphatic carbocycles. The van der Waals surface area contributed by atoms with Crippen LogP contribution in [-0.2, 0) is 0 Å². The summed E-state index contributed by atoms with van der Waals surface area (Å²) in [5.74, 6) is 1.62. The smallest absolute Gasteiger partial charge is 0.0433 e. The predicted octanol–water partition coefficient (Wildman–Crippen LogP) is 4.00. The second-order valence-electron chi connectivity index (χ2n) is 4.85. The molecule has 0 aromatic heterocycles. The quantitative estimate of drug-likeness (QED) is 0.558. The van der Waals surface area contributed by atoms with E-state index in [2.05, 4.69) is 20.8 Å². The van der Waals surface area contributed by atoms with Gasteiger partial charge in [0.25, 0.3) is 0 Å². The van der Waals surface area contributed by atoms with Crippen LogP contribution in [0.2, 0.25) is 0 Å². The molecule has 0 heterocycles. The van der Waals surface area contributed by atoms with E-state index in [1.54, 1.807) is 0 Å². The van der Waals surface area contributed by atoms with Crippen molar-refractivity contribution in [3.63, 3.8) is 0 Å². The van der Waals surface area contributed by atoms with E-state index < -0.39 is 0 Å². The number of aliphatic hydroxyl groups is 1. The highest BCUT2D eigenvalue weighted by atomic mass is 16.3. The van der Waals surface area contributed by atoms with Crippen LogP contribution in [-0.4, -0.2) is 11.7 Å². The average Bonchev–Trinajstić information content (AvgIpc) is 2.12. The lowest BCUT2D eigenvalue weighted by Gasteiger charge is -2.14. The molecule has 0 rings (SSSR count). The van der Waals surface area contributed by atoms with E-state index in [4.69, 9.17) is 5.11 Å². The first-order valence-corrected chi connectivity index (χ1v) is 6.31. The summed E-state index contributed by atoms with van der Waals surface area (Å²) >= 11 is 0. The van der Waals surface area contributed by atoms with Crippen molar-refractivity contribution in [2.45, 2.75) is 65.7 Å². The van der Waals surface area contributed by atoms with Gasteiger partial charge in [-0.15, -0.1) is 0 Å². The van der Waals surface area contributed by atoms with Gasteiger partial charge in [-0.1, -0.05) is 59.3 Å². The van der Waals surface area contributed by atoms with E-state index >= 15 is 0 Å². The molecule has 0 aromatic rings. The molecule has 86 valence electrons. The number of hydrogen-bond donors (Lipinski definition) is 1. The molecule has 0 spiro atoms. The first-order valence-electron chi connectivity index (χ1n) is 6.31. The molecule has 0 amide bonds. The second-order valence-corrected chi connectivity index (χ2v) is 4.85. The van der Waals surface area contributed by atoms with E-state index in [0.717, 1.165) is 18.3 Å². The minimum absolute atomic E-state index is 0.370. The maximum Gasteiger partial charge on any atom is 0.0433 e. The molecule has 0 saturated carbocycles. The van der Waals surface area contributed by atoms with Crippen molar-refractivity contribution >= 4 is 0 Å². The van der Waals surface area contributed by atoms with Crippen LogP contribution >= 0.6 is 0 Å². The van der Waals surface area contributed by atoms with Crippen molar-refractivity contribution in [3.8, 4) is 0 Å². The van der Waals surface area contributed by atoms with Crippen LogP contribution in [0.25, 0.3) is 0 Å². The number of rotatable bonds is 9. The standard InChI is InChI=1S/C13H28O/c1-4-7-13(10-11-14)9-6-5-8-12(2)3/h12-14H,4-11H2,1-3H3/t13-/m1/s1. The van der Waals surface area contributed by atoms with Crippen LogP contribution in [0.5, 0.6) is 0 Å². The van der Waals surface area contributed by atoms with Crippen LogP contribution in [0.15, 0.2) is 0 Å². The van der Waals surface area contributed by atoms with Gasteiger partial charge in [0.15, 0.2) is 0 Å². The van der Waals surface area contributed by atoms with Crippen LogP contribution < -0.4 is 0 Å². The molecule has 0 aliphatic rings. The second kappa shape index (κ2) is 9.51. The Morgan fingerprint density at radius 2 is 1.57 bits per heavy atom. The van der Waals surface area contributed by atoms with Crippen LogP contribution in [0.4, 0.5) is 0 Å².